The first kappa shape index (κ1) is 15.9. The number of piperidine rings is 1. The van der Waals surface area contributed by atoms with Crippen LogP contribution in [0, 0.1) is 0 Å². The summed E-state index contributed by atoms with van der Waals surface area (Å²) in [6, 6.07) is 3.83. The predicted octanol–water partition coefficient (Wildman–Crippen LogP) is 2.85. The molecule has 21 heavy (non-hydrogen) atoms. The van der Waals surface area contributed by atoms with Crippen LogP contribution in [0.25, 0.3) is 0 Å². The number of hydrogen-bond acceptors (Lipinski definition) is 5. The molecular formula is C16H27N3O2. The van der Waals surface area contributed by atoms with Crippen LogP contribution in [0.1, 0.15) is 40.5 Å². The number of nitrogens with zero attached hydrogens (tertiary/aromatic N) is 2. The number of nitrogens with two attached hydrogens (primary N) is 1. The molecule has 1 aromatic rings. The molecule has 0 bridgehead atoms. The van der Waals surface area contributed by atoms with Gasteiger partial charge in [-0.05, 0) is 52.7 Å². The second kappa shape index (κ2) is 6.52. The first-order valence-electron chi connectivity index (χ1n) is 7.71. The Morgan fingerprint density at radius 1 is 1.38 bits per heavy atom. The van der Waals surface area contributed by atoms with Crippen molar-refractivity contribution in [1.29, 1.82) is 0 Å². The number of pyridine rings is 1. The first-order chi connectivity index (χ1) is 9.89. The molecule has 1 fully saturated rings. The molecule has 1 aromatic heterocycles. The summed E-state index contributed by atoms with van der Waals surface area (Å²) in [4.78, 5) is 6.85. The fraction of sp³-hybridized carbons (Fsp3) is 0.688. The van der Waals surface area contributed by atoms with Crippen molar-refractivity contribution in [3.05, 3.63) is 12.1 Å². The summed E-state index contributed by atoms with van der Waals surface area (Å²) in [7, 11) is 0. The summed E-state index contributed by atoms with van der Waals surface area (Å²) in [5.74, 6) is 1.42. The molecule has 2 heterocycles. The Morgan fingerprint density at radius 2 is 2.14 bits per heavy atom. The van der Waals surface area contributed by atoms with Crippen molar-refractivity contribution in [3.8, 4) is 5.88 Å². The molecule has 1 aliphatic heterocycles. The maximum Gasteiger partial charge on any atom is 0.239 e. The van der Waals surface area contributed by atoms with Gasteiger partial charge in [-0.2, -0.15) is 4.98 Å². The Labute approximate surface area is 127 Å². The van der Waals surface area contributed by atoms with E-state index in [2.05, 4.69) is 9.88 Å². The average Bonchev–Trinajstić information content (AvgIpc) is 2.40. The van der Waals surface area contributed by atoms with E-state index in [9.17, 15) is 0 Å². The Morgan fingerprint density at radius 3 is 2.81 bits per heavy atom. The number of nitrogen functional groups attached to an aromatic ring is 1. The van der Waals surface area contributed by atoms with Crippen LogP contribution < -0.4 is 15.4 Å². The van der Waals surface area contributed by atoms with Gasteiger partial charge in [-0.3, -0.25) is 0 Å². The zero-order chi connectivity index (χ0) is 15.5. The van der Waals surface area contributed by atoms with Gasteiger partial charge in [-0.1, -0.05) is 0 Å². The van der Waals surface area contributed by atoms with Crippen LogP contribution in [0.4, 0.5) is 11.5 Å². The van der Waals surface area contributed by atoms with E-state index in [-0.39, 0.29) is 11.7 Å². The average molecular weight is 293 g/mol. The smallest absolute Gasteiger partial charge is 0.239 e. The largest absolute Gasteiger partial charge is 0.470 e. The van der Waals surface area contributed by atoms with Crippen LogP contribution in [-0.2, 0) is 4.74 Å². The maximum atomic E-state index is 5.97. The molecule has 1 atom stereocenters. The van der Waals surface area contributed by atoms with Crippen LogP contribution in [0.15, 0.2) is 12.1 Å². The highest BCUT2D eigenvalue weighted by atomic mass is 16.5. The second-order valence-corrected chi connectivity index (χ2v) is 6.44. The molecule has 2 N–H and O–H groups in total. The van der Waals surface area contributed by atoms with Gasteiger partial charge in [-0.15, -0.1) is 0 Å². The van der Waals surface area contributed by atoms with Gasteiger partial charge in [0.1, 0.15) is 11.4 Å². The summed E-state index contributed by atoms with van der Waals surface area (Å²) < 4.78 is 11.6. The van der Waals surface area contributed by atoms with Crippen molar-refractivity contribution < 1.29 is 9.47 Å². The third-order valence-electron chi connectivity index (χ3n) is 3.38. The van der Waals surface area contributed by atoms with E-state index in [1.165, 1.54) is 0 Å². The SMILES string of the molecule is CCOC1CCCN(c2ccc(N)c(OC(C)(C)C)n2)C1. The molecule has 1 saturated heterocycles. The maximum absolute atomic E-state index is 5.97. The van der Waals surface area contributed by atoms with E-state index >= 15 is 0 Å². The lowest BCUT2D eigenvalue weighted by Crippen LogP contribution is -2.40. The molecule has 118 valence electrons. The quantitative estimate of drug-likeness (QED) is 0.925. The van der Waals surface area contributed by atoms with E-state index in [0.717, 1.165) is 38.4 Å². The molecule has 5 nitrogen and oxygen atoms in total. The minimum Gasteiger partial charge on any atom is -0.470 e. The number of anilines is 2. The summed E-state index contributed by atoms with van der Waals surface area (Å²) in [5.41, 5.74) is 6.24. The van der Waals surface area contributed by atoms with E-state index in [1.807, 2.05) is 39.8 Å². The van der Waals surface area contributed by atoms with Crippen molar-refractivity contribution in [2.75, 3.05) is 30.3 Å². The minimum atomic E-state index is -0.310. The minimum absolute atomic E-state index is 0.287. The lowest BCUT2D eigenvalue weighted by Gasteiger charge is -2.33. The summed E-state index contributed by atoms with van der Waals surface area (Å²) in [6.45, 7) is 10.6. The van der Waals surface area contributed by atoms with Crippen molar-refractivity contribution in [1.82, 2.24) is 4.98 Å². The van der Waals surface area contributed by atoms with Gasteiger partial charge in [0.15, 0.2) is 0 Å². The number of ether oxygens (including phenoxy) is 2. The van der Waals surface area contributed by atoms with Crippen LogP contribution >= 0.6 is 0 Å². The lowest BCUT2D eigenvalue weighted by molar-refractivity contribution is 0.0524. The van der Waals surface area contributed by atoms with Crippen molar-refractivity contribution in [3.63, 3.8) is 0 Å². The predicted molar refractivity (Wildman–Crippen MR) is 85.9 cm³/mol. The van der Waals surface area contributed by atoms with Gasteiger partial charge in [0.25, 0.3) is 0 Å². The van der Waals surface area contributed by atoms with Crippen molar-refractivity contribution >= 4 is 11.5 Å². The molecule has 0 radical (unpaired) electrons. The van der Waals surface area contributed by atoms with Gasteiger partial charge >= 0.3 is 0 Å². The fourth-order valence-electron chi connectivity index (χ4n) is 2.51. The van der Waals surface area contributed by atoms with E-state index in [1.54, 1.807) is 0 Å². The molecule has 1 unspecified atom stereocenters. The van der Waals surface area contributed by atoms with Gasteiger partial charge in [0.05, 0.1) is 11.8 Å². The van der Waals surface area contributed by atoms with Crippen molar-refractivity contribution in [2.24, 2.45) is 0 Å². The molecule has 0 saturated carbocycles. The molecule has 0 spiro atoms. The normalized spacial score (nSPS) is 19.6. The van der Waals surface area contributed by atoms with Crippen molar-refractivity contribution in [2.45, 2.75) is 52.2 Å². The molecule has 0 aliphatic carbocycles. The molecule has 5 heteroatoms. The van der Waals surface area contributed by atoms with E-state index in [4.69, 9.17) is 15.2 Å². The Kier molecular flexibility index (Phi) is 4.93. The monoisotopic (exact) mass is 293 g/mol. The Hall–Kier alpha value is -1.49. The number of rotatable bonds is 4. The van der Waals surface area contributed by atoms with E-state index in [0.29, 0.717) is 11.6 Å². The fourth-order valence-corrected chi connectivity index (χ4v) is 2.51. The van der Waals surface area contributed by atoms with Gasteiger partial charge in [0.2, 0.25) is 5.88 Å². The molecule has 0 aromatic carbocycles. The zero-order valence-corrected chi connectivity index (χ0v) is 13.6. The zero-order valence-electron chi connectivity index (χ0n) is 13.6. The summed E-state index contributed by atoms with van der Waals surface area (Å²) in [6.07, 6.45) is 2.52. The summed E-state index contributed by atoms with van der Waals surface area (Å²) >= 11 is 0. The standard InChI is InChI=1S/C16H27N3O2/c1-5-20-12-7-6-10-19(11-12)14-9-8-13(17)15(18-14)21-16(2,3)4/h8-9,12H,5-7,10-11,17H2,1-4H3. The highest BCUT2D eigenvalue weighted by Crippen LogP contribution is 2.28. The molecule has 2 rings (SSSR count). The third-order valence-corrected chi connectivity index (χ3v) is 3.38. The number of aromatic nitrogens is 1. The molecule has 1 aliphatic rings. The van der Waals surface area contributed by atoms with Crippen LogP contribution in [0.5, 0.6) is 5.88 Å². The molecule has 0 amide bonds. The summed E-state index contributed by atoms with van der Waals surface area (Å²) in [5, 5.41) is 0. The van der Waals surface area contributed by atoms with Gasteiger partial charge < -0.3 is 20.1 Å². The van der Waals surface area contributed by atoms with Crippen LogP contribution in [0.3, 0.4) is 0 Å². The first-order valence-corrected chi connectivity index (χ1v) is 7.71. The van der Waals surface area contributed by atoms with Gasteiger partial charge in [-0.25, -0.2) is 0 Å². The Bertz CT molecular complexity index is 469. The molecular weight excluding hydrogens is 266 g/mol. The van der Waals surface area contributed by atoms with Crippen LogP contribution in [0.2, 0.25) is 0 Å². The lowest BCUT2D eigenvalue weighted by atomic mass is 10.1. The second-order valence-electron chi connectivity index (χ2n) is 6.44. The van der Waals surface area contributed by atoms with Gasteiger partial charge in [0, 0.05) is 19.7 Å². The highest BCUT2D eigenvalue weighted by Gasteiger charge is 2.22. The third kappa shape index (κ3) is 4.49. The topological polar surface area (TPSA) is 60.6 Å². The Balaban J connectivity index is 2.14. The number of hydrogen-bond donors (Lipinski definition) is 1. The van der Waals surface area contributed by atoms with Crippen LogP contribution in [-0.4, -0.2) is 36.4 Å². The highest BCUT2D eigenvalue weighted by molar-refractivity contribution is 5.55. The van der Waals surface area contributed by atoms with E-state index < -0.39 is 0 Å².